The summed E-state index contributed by atoms with van der Waals surface area (Å²) in [5.41, 5.74) is 3.21. The van der Waals surface area contributed by atoms with Crippen LogP contribution in [0, 0.1) is 13.8 Å². The van der Waals surface area contributed by atoms with Gasteiger partial charge in [0.05, 0.1) is 12.2 Å². The third-order valence-electron chi connectivity index (χ3n) is 7.56. The fraction of sp³-hybridized carbons (Fsp3) is 0.519. The molecule has 2 fully saturated rings. The Hall–Kier alpha value is -2.58. The van der Waals surface area contributed by atoms with Crippen LogP contribution in [0.2, 0.25) is 0 Å². The van der Waals surface area contributed by atoms with Gasteiger partial charge in [-0.2, -0.15) is 13.2 Å². The van der Waals surface area contributed by atoms with E-state index in [-0.39, 0.29) is 24.0 Å². The van der Waals surface area contributed by atoms with Crippen molar-refractivity contribution in [2.24, 2.45) is 0 Å². The summed E-state index contributed by atoms with van der Waals surface area (Å²) in [6.07, 6.45) is -2.56. The number of piperazine rings is 1. The first-order chi connectivity index (χ1) is 16.6. The number of benzene rings is 2. The van der Waals surface area contributed by atoms with Gasteiger partial charge in [0.1, 0.15) is 5.75 Å². The zero-order chi connectivity index (χ0) is 25.3. The topological polar surface area (TPSA) is 44.8 Å². The van der Waals surface area contributed by atoms with Crippen molar-refractivity contribution >= 4 is 5.91 Å². The van der Waals surface area contributed by atoms with Gasteiger partial charge in [-0.25, -0.2) is 0 Å². The predicted octanol–water partition coefficient (Wildman–Crippen LogP) is 4.97. The van der Waals surface area contributed by atoms with Crippen molar-refractivity contribution in [2.45, 2.75) is 57.9 Å². The molecule has 2 heterocycles. The van der Waals surface area contributed by atoms with E-state index in [2.05, 4.69) is 43.1 Å². The lowest BCUT2D eigenvalue weighted by Crippen LogP contribution is -2.49. The summed E-state index contributed by atoms with van der Waals surface area (Å²) < 4.78 is 44.5. The number of alkyl halides is 3. The van der Waals surface area contributed by atoms with Gasteiger partial charge >= 0.3 is 6.18 Å². The second-order valence-corrected chi connectivity index (χ2v) is 9.66. The van der Waals surface area contributed by atoms with Gasteiger partial charge in [-0.05, 0) is 94.2 Å². The predicted molar refractivity (Wildman–Crippen MR) is 130 cm³/mol. The van der Waals surface area contributed by atoms with Crippen molar-refractivity contribution in [2.75, 3.05) is 33.3 Å². The third kappa shape index (κ3) is 5.19. The number of carbonyl (C=O) groups excluding carboxylic acids is 1. The lowest BCUT2D eigenvalue weighted by molar-refractivity contribution is -0.137. The molecule has 0 saturated carbocycles. The van der Waals surface area contributed by atoms with E-state index < -0.39 is 11.7 Å². The molecule has 2 aliphatic rings. The lowest BCUT2D eigenvalue weighted by Gasteiger charge is -2.38. The van der Waals surface area contributed by atoms with Gasteiger partial charge < -0.3 is 15.0 Å². The van der Waals surface area contributed by atoms with Crippen LogP contribution in [-0.4, -0.2) is 61.1 Å². The van der Waals surface area contributed by atoms with E-state index in [4.69, 9.17) is 4.74 Å². The molecule has 3 atom stereocenters. The van der Waals surface area contributed by atoms with Crippen LogP contribution in [0.1, 0.15) is 58.4 Å². The average Bonchev–Trinajstić information content (AvgIpc) is 3.44. The van der Waals surface area contributed by atoms with Gasteiger partial charge in [0.2, 0.25) is 0 Å². The van der Waals surface area contributed by atoms with E-state index in [9.17, 15) is 18.0 Å². The molecule has 8 heteroatoms. The fourth-order valence-electron chi connectivity index (χ4n) is 5.42. The SMILES string of the molecule is CNCCCOc1ccc(C(C)N2C[C@@H]3C[C@H]2CN3C(=O)c2ccc(C(F)(F)F)cc2)c(C)c1C. The number of nitrogens with one attached hydrogen (secondary N) is 1. The Kier molecular flexibility index (Phi) is 7.43. The van der Waals surface area contributed by atoms with Crippen molar-refractivity contribution < 1.29 is 22.7 Å². The maximum absolute atomic E-state index is 13.0. The molecule has 4 rings (SSSR count). The molecule has 0 radical (unpaired) electrons. The van der Waals surface area contributed by atoms with Crippen molar-refractivity contribution in [1.29, 1.82) is 0 Å². The highest BCUT2D eigenvalue weighted by atomic mass is 19.4. The smallest absolute Gasteiger partial charge is 0.416 e. The van der Waals surface area contributed by atoms with Crippen molar-refractivity contribution in [3.63, 3.8) is 0 Å². The minimum Gasteiger partial charge on any atom is -0.493 e. The van der Waals surface area contributed by atoms with Crippen LogP contribution in [0.3, 0.4) is 0 Å². The van der Waals surface area contributed by atoms with Gasteiger partial charge in [-0.15, -0.1) is 0 Å². The minimum atomic E-state index is -4.40. The van der Waals surface area contributed by atoms with E-state index >= 15 is 0 Å². The molecule has 0 aliphatic carbocycles. The maximum atomic E-state index is 13.0. The van der Waals surface area contributed by atoms with Crippen molar-refractivity contribution in [3.05, 3.63) is 64.2 Å². The molecule has 0 spiro atoms. The molecule has 2 bridgehead atoms. The summed E-state index contributed by atoms with van der Waals surface area (Å²) in [6.45, 7) is 9.39. The number of amides is 1. The fourth-order valence-corrected chi connectivity index (χ4v) is 5.42. The Morgan fingerprint density at radius 3 is 2.40 bits per heavy atom. The first-order valence-electron chi connectivity index (χ1n) is 12.2. The second kappa shape index (κ2) is 10.2. The van der Waals surface area contributed by atoms with Gasteiger partial charge in [-0.3, -0.25) is 9.69 Å². The summed E-state index contributed by atoms with van der Waals surface area (Å²) in [5, 5.41) is 3.12. The van der Waals surface area contributed by atoms with Crippen molar-refractivity contribution in [1.82, 2.24) is 15.1 Å². The number of halogens is 3. The van der Waals surface area contributed by atoms with Crippen LogP contribution in [0.5, 0.6) is 5.75 Å². The molecular formula is C27H34F3N3O2. The molecule has 5 nitrogen and oxygen atoms in total. The molecule has 2 aromatic carbocycles. The van der Waals surface area contributed by atoms with Gasteiger partial charge in [-0.1, -0.05) is 6.07 Å². The van der Waals surface area contributed by atoms with Crippen LogP contribution in [-0.2, 0) is 6.18 Å². The van der Waals surface area contributed by atoms with Crippen LogP contribution in [0.4, 0.5) is 13.2 Å². The van der Waals surface area contributed by atoms with Crippen LogP contribution in [0.25, 0.3) is 0 Å². The third-order valence-corrected chi connectivity index (χ3v) is 7.56. The van der Waals surface area contributed by atoms with Gasteiger partial charge in [0.15, 0.2) is 0 Å². The second-order valence-electron chi connectivity index (χ2n) is 9.66. The van der Waals surface area contributed by atoms with Crippen LogP contribution in [0.15, 0.2) is 36.4 Å². The molecule has 2 aliphatic heterocycles. The molecule has 190 valence electrons. The molecule has 35 heavy (non-hydrogen) atoms. The number of nitrogens with zero attached hydrogens (tertiary/aromatic N) is 2. The Bertz CT molecular complexity index is 1050. The first kappa shape index (κ1) is 25.5. The summed E-state index contributed by atoms with van der Waals surface area (Å²) >= 11 is 0. The van der Waals surface area contributed by atoms with Crippen LogP contribution < -0.4 is 10.1 Å². The molecule has 2 saturated heterocycles. The number of carbonyl (C=O) groups is 1. The Balaban J connectivity index is 1.40. The van der Waals surface area contributed by atoms with Crippen molar-refractivity contribution in [3.8, 4) is 5.75 Å². The lowest BCUT2D eigenvalue weighted by atomic mass is 9.96. The normalized spacial score (nSPS) is 20.9. The Labute approximate surface area is 205 Å². The largest absolute Gasteiger partial charge is 0.493 e. The highest BCUT2D eigenvalue weighted by molar-refractivity contribution is 5.94. The first-order valence-corrected chi connectivity index (χ1v) is 12.2. The monoisotopic (exact) mass is 489 g/mol. The Morgan fingerprint density at radius 1 is 1.09 bits per heavy atom. The molecule has 1 unspecified atom stereocenters. The van der Waals surface area contributed by atoms with E-state index in [1.54, 1.807) is 0 Å². The average molecular weight is 490 g/mol. The van der Waals surface area contributed by atoms with E-state index in [1.807, 2.05) is 11.9 Å². The van der Waals surface area contributed by atoms with Crippen LogP contribution >= 0.6 is 0 Å². The summed E-state index contributed by atoms with van der Waals surface area (Å²) in [5.74, 6) is 0.733. The van der Waals surface area contributed by atoms with E-state index in [1.165, 1.54) is 23.3 Å². The minimum absolute atomic E-state index is 0.0772. The molecule has 0 aromatic heterocycles. The van der Waals surface area contributed by atoms with Gasteiger partial charge in [0.25, 0.3) is 5.91 Å². The number of fused-ring (bicyclic) bond motifs is 2. The zero-order valence-electron chi connectivity index (χ0n) is 20.8. The molecular weight excluding hydrogens is 455 g/mol. The van der Waals surface area contributed by atoms with Gasteiger partial charge in [0, 0.05) is 36.8 Å². The van der Waals surface area contributed by atoms with E-state index in [0.717, 1.165) is 49.4 Å². The molecule has 1 amide bonds. The Morgan fingerprint density at radius 2 is 1.80 bits per heavy atom. The standard InChI is InChI=1S/C27H34F3N3O2/c1-17-18(2)25(35-13-5-12-31-4)11-10-24(17)19(3)32-15-23-14-22(32)16-33(23)26(34)20-6-8-21(9-7-20)27(28,29)30/h6-11,19,22-23,31H,5,12-16H2,1-4H3/t19?,22-,23-/m0/s1. The zero-order valence-corrected chi connectivity index (χ0v) is 20.8. The number of ether oxygens (including phenoxy) is 1. The summed E-state index contributed by atoms with van der Waals surface area (Å²) in [4.78, 5) is 17.3. The summed E-state index contributed by atoms with van der Waals surface area (Å²) in [6, 6.07) is 9.26. The maximum Gasteiger partial charge on any atom is 0.416 e. The number of hydrogen-bond acceptors (Lipinski definition) is 4. The molecule has 2 aromatic rings. The highest BCUT2D eigenvalue weighted by Crippen LogP contribution is 2.39. The number of rotatable bonds is 8. The number of hydrogen-bond donors (Lipinski definition) is 1. The highest BCUT2D eigenvalue weighted by Gasteiger charge is 2.47. The summed E-state index contributed by atoms with van der Waals surface area (Å²) in [7, 11) is 1.93. The molecule has 1 N–H and O–H groups in total. The van der Waals surface area contributed by atoms with E-state index in [0.29, 0.717) is 18.7 Å². The number of likely N-dealkylation sites (tertiary alicyclic amines) is 2. The quantitative estimate of drug-likeness (QED) is 0.532.